The summed E-state index contributed by atoms with van der Waals surface area (Å²) in [4.78, 5) is 4.14. The predicted octanol–water partition coefficient (Wildman–Crippen LogP) is 3.41. The van der Waals surface area contributed by atoms with Crippen LogP contribution >= 0.6 is 0 Å². The Morgan fingerprint density at radius 1 is 1.12 bits per heavy atom. The number of halogens is 2. The van der Waals surface area contributed by atoms with Gasteiger partial charge in [-0.2, -0.15) is 0 Å². The van der Waals surface area contributed by atoms with Crippen LogP contribution in [0.2, 0.25) is 0 Å². The highest BCUT2D eigenvalue weighted by atomic mass is 32.2. The maximum absolute atomic E-state index is 13.8. The van der Waals surface area contributed by atoms with E-state index in [-0.39, 0.29) is 17.0 Å². The second-order valence-corrected chi connectivity index (χ2v) is 7.68. The smallest absolute Gasteiger partial charge is 0.175 e. The monoisotopic (exact) mass is 378 g/mol. The molecular weight excluding hydrogens is 362 g/mol. The fourth-order valence-electron chi connectivity index (χ4n) is 2.47. The Morgan fingerprint density at radius 3 is 2.54 bits per heavy atom. The van der Waals surface area contributed by atoms with Crippen LogP contribution in [0.1, 0.15) is 0 Å². The standard InChI is InChI=1S/C18H16F2N2O3S/c1-26(23,24)14-4-2-13(3-5-14)25-9-8-21-17-6-7-22-18-15(17)10-12(19)11-16(18)20/h2-7,10-11H,8-9H2,1H3,(H,21,22). The van der Waals surface area contributed by atoms with Crippen LogP contribution in [-0.4, -0.2) is 32.8 Å². The van der Waals surface area contributed by atoms with Crippen molar-refractivity contribution in [2.75, 3.05) is 24.7 Å². The molecule has 0 aliphatic heterocycles. The molecule has 8 heteroatoms. The summed E-state index contributed by atoms with van der Waals surface area (Å²) in [6.07, 6.45) is 2.58. The molecule has 1 N–H and O–H groups in total. The van der Waals surface area contributed by atoms with Gasteiger partial charge in [-0.25, -0.2) is 17.2 Å². The first-order valence-electron chi connectivity index (χ1n) is 7.75. The van der Waals surface area contributed by atoms with Crippen LogP contribution < -0.4 is 10.1 Å². The zero-order valence-electron chi connectivity index (χ0n) is 13.9. The van der Waals surface area contributed by atoms with Gasteiger partial charge in [-0.15, -0.1) is 0 Å². The molecular formula is C18H16F2N2O3S. The zero-order valence-corrected chi connectivity index (χ0v) is 14.7. The lowest BCUT2D eigenvalue weighted by Crippen LogP contribution is -2.12. The predicted molar refractivity (Wildman–Crippen MR) is 95.2 cm³/mol. The fourth-order valence-corrected chi connectivity index (χ4v) is 3.10. The van der Waals surface area contributed by atoms with E-state index < -0.39 is 21.5 Å². The molecule has 0 fully saturated rings. The molecule has 0 aliphatic carbocycles. The molecule has 0 atom stereocenters. The fraction of sp³-hybridized carbons (Fsp3) is 0.167. The van der Waals surface area contributed by atoms with Gasteiger partial charge in [-0.1, -0.05) is 0 Å². The minimum Gasteiger partial charge on any atom is -0.492 e. The number of pyridine rings is 1. The molecule has 1 heterocycles. The summed E-state index contributed by atoms with van der Waals surface area (Å²) in [5.74, 6) is -0.866. The molecule has 3 rings (SSSR count). The van der Waals surface area contributed by atoms with Crippen molar-refractivity contribution in [1.82, 2.24) is 4.98 Å². The number of nitrogens with zero attached hydrogens (tertiary/aromatic N) is 1. The number of hydrogen-bond acceptors (Lipinski definition) is 5. The summed E-state index contributed by atoms with van der Waals surface area (Å²) in [5, 5.41) is 3.40. The van der Waals surface area contributed by atoms with Crippen molar-refractivity contribution < 1.29 is 21.9 Å². The molecule has 0 saturated carbocycles. The minimum atomic E-state index is -3.24. The van der Waals surface area contributed by atoms with Crippen molar-refractivity contribution in [3.8, 4) is 5.75 Å². The van der Waals surface area contributed by atoms with Gasteiger partial charge in [0.15, 0.2) is 15.7 Å². The summed E-state index contributed by atoms with van der Waals surface area (Å²) in [6.45, 7) is 0.658. The van der Waals surface area contributed by atoms with E-state index >= 15 is 0 Å². The lowest BCUT2D eigenvalue weighted by atomic mass is 10.1. The molecule has 26 heavy (non-hydrogen) atoms. The van der Waals surface area contributed by atoms with Crippen LogP contribution in [0.3, 0.4) is 0 Å². The van der Waals surface area contributed by atoms with Crippen molar-refractivity contribution >= 4 is 26.4 Å². The van der Waals surface area contributed by atoms with Gasteiger partial charge in [0.2, 0.25) is 0 Å². The van der Waals surface area contributed by atoms with E-state index in [9.17, 15) is 17.2 Å². The largest absolute Gasteiger partial charge is 0.492 e. The van der Waals surface area contributed by atoms with Crippen molar-refractivity contribution in [3.63, 3.8) is 0 Å². The second-order valence-electron chi connectivity index (χ2n) is 5.66. The van der Waals surface area contributed by atoms with E-state index in [0.29, 0.717) is 23.4 Å². The van der Waals surface area contributed by atoms with E-state index in [1.165, 1.54) is 24.4 Å². The maximum atomic E-state index is 13.8. The quantitative estimate of drug-likeness (QED) is 0.666. The van der Waals surface area contributed by atoms with Crippen LogP contribution in [0.15, 0.2) is 53.6 Å². The van der Waals surface area contributed by atoms with Crippen molar-refractivity contribution in [1.29, 1.82) is 0 Å². The highest BCUT2D eigenvalue weighted by Gasteiger charge is 2.09. The molecule has 2 aromatic carbocycles. The summed E-state index contributed by atoms with van der Waals surface area (Å²) >= 11 is 0. The number of sulfone groups is 1. The average molecular weight is 378 g/mol. The summed E-state index contributed by atoms with van der Waals surface area (Å²) in [6, 6.07) is 9.73. The van der Waals surface area contributed by atoms with Crippen LogP contribution in [-0.2, 0) is 9.84 Å². The molecule has 5 nitrogen and oxygen atoms in total. The third kappa shape index (κ3) is 4.08. The lowest BCUT2D eigenvalue weighted by molar-refractivity contribution is 0.332. The Balaban J connectivity index is 1.63. The molecule has 1 aromatic heterocycles. The molecule has 0 amide bonds. The molecule has 136 valence electrons. The summed E-state index contributed by atoms with van der Waals surface area (Å²) in [7, 11) is -3.24. The lowest BCUT2D eigenvalue weighted by Gasteiger charge is -2.11. The van der Waals surface area contributed by atoms with E-state index in [4.69, 9.17) is 4.74 Å². The molecule has 0 saturated heterocycles. The molecule has 0 unspecified atom stereocenters. The van der Waals surface area contributed by atoms with E-state index in [1.54, 1.807) is 18.2 Å². The van der Waals surface area contributed by atoms with Crippen LogP contribution in [0.25, 0.3) is 10.9 Å². The topological polar surface area (TPSA) is 68.3 Å². The van der Waals surface area contributed by atoms with Gasteiger partial charge >= 0.3 is 0 Å². The van der Waals surface area contributed by atoms with Gasteiger partial charge in [-0.3, -0.25) is 4.98 Å². The number of fused-ring (bicyclic) bond motifs is 1. The number of rotatable bonds is 6. The molecule has 3 aromatic rings. The van der Waals surface area contributed by atoms with Gasteiger partial charge in [0, 0.05) is 36.1 Å². The molecule has 0 spiro atoms. The summed E-state index contributed by atoms with van der Waals surface area (Å²) in [5.41, 5.74) is 0.637. The van der Waals surface area contributed by atoms with Crippen molar-refractivity contribution in [2.45, 2.75) is 4.90 Å². The normalized spacial score (nSPS) is 11.5. The molecule has 0 bridgehead atoms. The Morgan fingerprint density at radius 2 is 1.85 bits per heavy atom. The highest BCUT2D eigenvalue weighted by molar-refractivity contribution is 7.90. The Labute approximate surface area is 149 Å². The number of nitrogens with one attached hydrogen (secondary N) is 1. The number of hydrogen-bond donors (Lipinski definition) is 1. The Hall–Kier alpha value is -2.74. The number of aromatic nitrogens is 1. The Kier molecular flexibility index (Phi) is 5.03. The number of anilines is 1. The molecule has 0 aliphatic rings. The van der Waals surface area contributed by atoms with Crippen LogP contribution in [0.5, 0.6) is 5.75 Å². The first-order chi connectivity index (χ1) is 12.3. The van der Waals surface area contributed by atoms with Gasteiger partial charge in [0.1, 0.15) is 23.7 Å². The Bertz CT molecular complexity index is 1040. The third-order valence-corrected chi connectivity index (χ3v) is 4.83. The average Bonchev–Trinajstić information content (AvgIpc) is 2.58. The number of benzene rings is 2. The van der Waals surface area contributed by atoms with Crippen LogP contribution in [0, 0.1) is 11.6 Å². The molecule has 0 radical (unpaired) electrons. The van der Waals surface area contributed by atoms with Crippen molar-refractivity contribution in [3.05, 3.63) is 60.3 Å². The van der Waals surface area contributed by atoms with Gasteiger partial charge in [0.05, 0.1) is 4.90 Å². The first-order valence-corrected chi connectivity index (χ1v) is 9.64. The van der Waals surface area contributed by atoms with Gasteiger partial charge in [0.25, 0.3) is 0 Å². The number of ether oxygens (including phenoxy) is 1. The van der Waals surface area contributed by atoms with E-state index in [1.807, 2.05) is 0 Å². The van der Waals surface area contributed by atoms with Gasteiger partial charge in [-0.05, 0) is 36.4 Å². The maximum Gasteiger partial charge on any atom is 0.175 e. The van der Waals surface area contributed by atoms with Crippen LogP contribution in [0.4, 0.5) is 14.5 Å². The van der Waals surface area contributed by atoms with Gasteiger partial charge < -0.3 is 10.1 Å². The summed E-state index contributed by atoms with van der Waals surface area (Å²) < 4.78 is 55.5. The zero-order chi connectivity index (χ0) is 18.7. The first kappa shape index (κ1) is 18.1. The SMILES string of the molecule is CS(=O)(=O)c1ccc(OCCNc2ccnc3c(F)cc(F)cc23)cc1. The van der Waals surface area contributed by atoms with E-state index in [0.717, 1.165) is 12.3 Å². The highest BCUT2D eigenvalue weighted by Crippen LogP contribution is 2.24. The minimum absolute atomic E-state index is 0.0914. The second kappa shape index (κ2) is 7.25. The van der Waals surface area contributed by atoms with Crippen molar-refractivity contribution in [2.24, 2.45) is 0 Å². The van der Waals surface area contributed by atoms with E-state index in [2.05, 4.69) is 10.3 Å². The third-order valence-electron chi connectivity index (χ3n) is 3.70.